The summed E-state index contributed by atoms with van der Waals surface area (Å²) in [5.41, 5.74) is 15.0. The Morgan fingerprint density at radius 3 is 1.60 bits per heavy atom. The summed E-state index contributed by atoms with van der Waals surface area (Å²) in [6.07, 6.45) is 14.7. The van der Waals surface area contributed by atoms with Gasteiger partial charge < -0.3 is 34.6 Å². The molecule has 9 heterocycles. The van der Waals surface area contributed by atoms with Crippen molar-refractivity contribution in [3.05, 3.63) is 241 Å². The molecular formula is C82H92N16O5. The molecule has 1 atom stereocenters. The summed E-state index contributed by atoms with van der Waals surface area (Å²) in [5, 5.41) is 30.0. The molecule has 3 fully saturated rings. The number of fused-ring (bicyclic) bond motifs is 3. The quantitative estimate of drug-likeness (QED) is 0.0775. The van der Waals surface area contributed by atoms with Crippen molar-refractivity contribution in [3.8, 4) is 28.6 Å². The van der Waals surface area contributed by atoms with Crippen LogP contribution in [-0.4, -0.2) is 175 Å². The van der Waals surface area contributed by atoms with Gasteiger partial charge in [0.15, 0.2) is 6.61 Å². The van der Waals surface area contributed by atoms with Gasteiger partial charge in [0.2, 0.25) is 5.91 Å². The standard InChI is InChI=1S/C28H32N6O2.C28H33N5.C26H27N5O3/c1-21(35)30-20-25(24-13-17-34(31-24)23-9-4-3-5-10-23)32-15-7-16-33(19-18-32)28-26(36-2)12-11-22-8-6-14-29-27(22)28;1-21(2)24-18-23-6-4-12-29-28(23)27(19-24)32-14-5-13-31(16-17-32)20-25-11-15-33(30-25)26-9-7-22(3)8-10-26;32-24(33)19-34-23-10-9-20-6-4-12-27-25(20)26(23)30-14-5-13-29(16-17-30)18-21-11-15-31(28-21)22-7-2-1-3-8-22/h3-6,8-14,17,25H,7,15-16,18-20H2,1-2H3,(H,30,35);4,6-12,15,18-19,21H,5,13-14,16-17,20H2,1-3H3;1-4,6-12,15H,5,13-14,16-19H2,(H,32,33). The zero-order valence-corrected chi connectivity index (χ0v) is 59.6. The number of amides is 1. The van der Waals surface area contributed by atoms with Crippen LogP contribution in [0.3, 0.4) is 0 Å². The summed E-state index contributed by atoms with van der Waals surface area (Å²) in [5.74, 6) is 0.865. The molecule has 530 valence electrons. The van der Waals surface area contributed by atoms with Gasteiger partial charge in [-0.05, 0) is 147 Å². The Morgan fingerprint density at radius 2 is 1.02 bits per heavy atom. The maximum absolute atomic E-state index is 11.8. The first-order valence-corrected chi connectivity index (χ1v) is 35.9. The lowest BCUT2D eigenvalue weighted by Gasteiger charge is -2.30. The third kappa shape index (κ3) is 17.7. The smallest absolute Gasteiger partial charge is 0.341 e. The predicted molar refractivity (Wildman–Crippen MR) is 408 cm³/mol. The molecule has 0 aliphatic carbocycles. The maximum atomic E-state index is 11.8. The number of nitrogens with zero attached hydrogens (tertiary/aromatic N) is 15. The summed E-state index contributed by atoms with van der Waals surface area (Å²) in [4.78, 5) is 51.5. The molecule has 3 aliphatic heterocycles. The van der Waals surface area contributed by atoms with Gasteiger partial charge in [-0.1, -0.05) is 86.1 Å². The molecule has 15 rings (SSSR count). The van der Waals surface area contributed by atoms with Crippen molar-refractivity contribution in [3.63, 3.8) is 0 Å². The summed E-state index contributed by atoms with van der Waals surface area (Å²) in [6.45, 7) is 21.1. The van der Waals surface area contributed by atoms with Crippen LogP contribution in [0, 0.1) is 6.92 Å². The average molecular weight is 1380 g/mol. The van der Waals surface area contributed by atoms with Gasteiger partial charge in [-0.3, -0.25) is 34.4 Å². The normalized spacial score (nSPS) is 15.2. The number of aliphatic carboxylic acids is 1. The summed E-state index contributed by atoms with van der Waals surface area (Å²) >= 11 is 0. The number of benzene rings is 6. The number of aryl methyl sites for hydroxylation is 1. The fraction of sp³-hybridized carbons (Fsp3) is 0.317. The number of ether oxygens (including phenoxy) is 2. The Balaban J connectivity index is 0.000000138. The van der Waals surface area contributed by atoms with Crippen molar-refractivity contribution in [2.45, 2.75) is 72.0 Å². The fourth-order valence-electron chi connectivity index (χ4n) is 14.0. The van der Waals surface area contributed by atoms with E-state index in [1.165, 1.54) is 22.2 Å². The highest BCUT2D eigenvalue weighted by Gasteiger charge is 2.29. The van der Waals surface area contributed by atoms with Crippen molar-refractivity contribution in [2.75, 3.05) is 113 Å². The van der Waals surface area contributed by atoms with Crippen molar-refractivity contribution >= 4 is 61.6 Å². The number of anilines is 3. The first-order chi connectivity index (χ1) is 50.4. The Labute approximate surface area is 602 Å². The molecule has 6 aromatic carbocycles. The van der Waals surface area contributed by atoms with Gasteiger partial charge in [-0.2, -0.15) is 15.3 Å². The lowest BCUT2D eigenvalue weighted by atomic mass is 9.99. The minimum atomic E-state index is -0.996. The average Bonchev–Trinajstić information content (AvgIpc) is 1.65. The van der Waals surface area contributed by atoms with E-state index in [4.69, 9.17) is 34.9 Å². The number of rotatable bonds is 19. The van der Waals surface area contributed by atoms with Crippen LogP contribution >= 0.6 is 0 Å². The molecular weight excluding hydrogens is 1290 g/mol. The van der Waals surface area contributed by atoms with Crippen molar-refractivity contribution in [1.29, 1.82) is 0 Å². The predicted octanol–water partition coefficient (Wildman–Crippen LogP) is 13.0. The minimum Gasteiger partial charge on any atom is -0.494 e. The Hall–Kier alpha value is -11.0. The van der Waals surface area contributed by atoms with E-state index in [0.717, 1.165) is 189 Å². The maximum Gasteiger partial charge on any atom is 0.341 e. The molecule has 103 heavy (non-hydrogen) atoms. The van der Waals surface area contributed by atoms with Crippen LogP contribution in [0.2, 0.25) is 0 Å². The molecule has 2 N–H and O–H groups in total. The first-order valence-electron chi connectivity index (χ1n) is 35.9. The van der Waals surface area contributed by atoms with Crippen LogP contribution in [0.25, 0.3) is 49.8 Å². The number of pyridine rings is 3. The number of carboxylic acid groups (broad SMARTS) is 1. The highest BCUT2D eigenvalue weighted by atomic mass is 16.5. The Kier molecular flexibility index (Phi) is 23.0. The molecule has 3 aliphatic rings. The van der Waals surface area contributed by atoms with Crippen LogP contribution < -0.4 is 29.5 Å². The summed E-state index contributed by atoms with van der Waals surface area (Å²) < 4.78 is 17.2. The van der Waals surface area contributed by atoms with E-state index in [2.05, 4.69) is 144 Å². The van der Waals surface area contributed by atoms with Crippen LogP contribution in [0.5, 0.6) is 11.5 Å². The van der Waals surface area contributed by atoms with Crippen LogP contribution in [0.1, 0.15) is 80.2 Å². The van der Waals surface area contributed by atoms with Gasteiger partial charge in [-0.25, -0.2) is 18.8 Å². The van der Waals surface area contributed by atoms with Crippen molar-refractivity contribution in [1.82, 2.24) is 64.3 Å². The molecule has 0 spiro atoms. The number of carboxylic acids is 1. The molecule has 1 unspecified atom stereocenters. The number of hydrogen-bond donors (Lipinski definition) is 2. The molecule has 6 aromatic heterocycles. The van der Waals surface area contributed by atoms with Gasteiger partial charge in [0, 0.05) is 158 Å². The highest BCUT2D eigenvalue weighted by Crippen LogP contribution is 2.39. The summed E-state index contributed by atoms with van der Waals surface area (Å²) in [6, 6.07) is 59.7. The van der Waals surface area contributed by atoms with E-state index in [-0.39, 0.29) is 18.6 Å². The van der Waals surface area contributed by atoms with Gasteiger partial charge in [-0.15, -0.1) is 0 Å². The fourth-order valence-corrected chi connectivity index (χ4v) is 14.0. The zero-order chi connectivity index (χ0) is 71.0. The summed E-state index contributed by atoms with van der Waals surface area (Å²) in [7, 11) is 1.71. The van der Waals surface area contributed by atoms with Crippen molar-refractivity contribution < 1.29 is 24.2 Å². The number of para-hydroxylation sites is 2. The molecule has 0 saturated carbocycles. The molecule has 0 radical (unpaired) electrons. The second-order valence-electron chi connectivity index (χ2n) is 26.9. The highest BCUT2D eigenvalue weighted by molar-refractivity contribution is 5.96. The van der Waals surface area contributed by atoms with Crippen LogP contribution in [0.15, 0.2) is 213 Å². The number of nitrogens with one attached hydrogen (secondary N) is 1. The van der Waals surface area contributed by atoms with Gasteiger partial charge >= 0.3 is 5.97 Å². The van der Waals surface area contributed by atoms with Crippen LogP contribution in [-0.2, 0) is 22.7 Å². The molecule has 3 saturated heterocycles. The second-order valence-corrected chi connectivity index (χ2v) is 26.9. The molecule has 12 aromatic rings. The van der Waals surface area contributed by atoms with E-state index in [1.807, 2.05) is 142 Å². The van der Waals surface area contributed by atoms with Crippen LogP contribution in [0.4, 0.5) is 17.1 Å². The third-order valence-corrected chi connectivity index (χ3v) is 19.4. The monoisotopic (exact) mass is 1380 g/mol. The van der Waals surface area contributed by atoms with Crippen molar-refractivity contribution in [2.24, 2.45) is 0 Å². The topological polar surface area (TPSA) is 196 Å². The van der Waals surface area contributed by atoms with Gasteiger partial charge in [0.25, 0.3) is 0 Å². The van der Waals surface area contributed by atoms with E-state index < -0.39 is 5.97 Å². The molecule has 21 nitrogen and oxygen atoms in total. The Morgan fingerprint density at radius 1 is 0.505 bits per heavy atom. The Bertz CT molecular complexity index is 4770. The van der Waals surface area contributed by atoms with E-state index in [9.17, 15) is 9.59 Å². The lowest BCUT2D eigenvalue weighted by Crippen LogP contribution is -2.40. The van der Waals surface area contributed by atoms with Gasteiger partial charge in [0.05, 0.1) is 69.5 Å². The number of aromatic nitrogens is 9. The number of carbonyl (C=O) groups is 2. The van der Waals surface area contributed by atoms with Gasteiger partial charge in [0.1, 0.15) is 22.9 Å². The number of methoxy groups -OCH3 is 1. The lowest BCUT2D eigenvalue weighted by molar-refractivity contribution is -0.139. The number of carbonyl (C=O) groups excluding carboxylic acids is 1. The first kappa shape index (κ1) is 70.4. The largest absolute Gasteiger partial charge is 0.494 e. The van der Waals surface area contributed by atoms with E-state index in [0.29, 0.717) is 18.2 Å². The number of hydrogen-bond acceptors (Lipinski definition) is 16. The zero-order valence-electron chi connectivity index (χ0n) is 59.6. The second kappa shape index (κ2) is 33.7. The molecule has 0 bridgehead atoms. The van der Waals surface area contributed by atoms with E-state index >= 15 is 0 Å². The SMILES string of the molecule is COc1ccc2cccnc2c1N1CCCN(C(CNC(C)=O)c2ccn(-c3ccccc3)n2)CC1.Cc1ccc(-n2ccc(CN3CCCN(c4cc(C(C)C)cc5cccnc45)CC3)n2)cc1.O=C(O)COc1ccc2cccnc2c1N1CCCN(Cc2ccn(-c3ccccc3)n2)CC1. The molecule has 21 heteroatoms. The molecule has 1 amide bonds. The van der Waals surface area contributed by atoms with E-state index in [1.54, 1.807) is 20.2 Å². The minimum absolute atomic E-state index is 0.0219. The third-order valence-electron chi connectivity index (χ3n) is 19.4.